The quantitative estimate of drug-likeness (QED) is 0.114. The number of ether oxygens (including phenoxy) is 2. The highest BCUT2D eigenvalue weighted by atomic mass is 16.6. The molecule has 0 bridgehead atoms. The molecular formula is C41H54O6. The van der Waals surface area contributed by atoms with Gasteiger partial charge in [-0.15, -0.1) is 0 Å². The zero-order valence-corrected chi connectivity index (χ0v) is 29.7. The molecule has 0 amide bonds. The van der Waals surface area contributed by atoms with Crippen LogP contribution in [0.5, 0.6) is 0 Å². The van der Waals surface area contributed by atoms with Crippen LogP contribution in [0.15, 0.2) is 64.6 Å². The fourth-order valence-corrected chi connectivity index (χ4v) is 6.35. The molecular weight excluding hydrogens is 588 g/mol. The van der Waals surface area contributed by atoms with Crippen molar-refractivity contribution in [2.24, 2.45) is 23.2 Å². The van der Waals surface area contributed by atoms with Crippen molar-refractivity contribution in [2.75, 3.05) is 13.7 Å². The monoisotopic (exact) mass is 642 g/mol. The normalized spacial score (nSPS) is 15.5. The van der Waals surface area contributed by atoms with Crippen LogP contribution in [0.3, 0.4) is 0 Å². The summed E-state index contributed by atoms with van der Waals surface area (Å²) in [5.74, 6) is 8.43. The molecule has 1 atom stereocenters. The number of allylic oxidation sites excluding steroid dienone is 1. The maximum absolute atomic E-state index is 13.5. The highest BCUT2D eigenvalue weighted by Crippen LogP contribution is 2.35. The third kappa shape index (κ3) is 10.9. The number of carbonyl (C=O) groups is 2. The Labute approximate surface area is 281 Å². The molecule has 1 saturated heterocycles. The van der Waals surface area contributed by atoms with Gasteiger partial charge in [0.25, 0.3) is 0 Å². The minimum Gasteiger partial charge on any atom is -0.461 e. The highest BCUT2D eigenvalue weighted by Gasteiger charge is 2.39. The Balaban J connectivity index is 0.00000294. The Morgan fingerprint density at radius 2 is 1.60 bits per heavy atom. The van der Waals surface area contributed by atoms with Crippen LogP contribution < -0.4 is 0 Å². The van der Waals surface area contributed by atoms with Gasteiger partial charge in [-0.3, -0.25) is 4.79 Å². The average Bonchev–Trinajstić information content (AvgIpc) is 3.62. The molecule has 2 aromatic carbocycles. The lowest BCUT2D eigenvalue weighted by Gasteiger charge is -2.28. The number of furan rings is 1. The average molecular weight is 643 g/mol. The molecule has 0 saturated carbocycles. The molecule has 1 N–H and O–H groups in total. The minimum atomic E-state index is -0.732. The van der Waals surface area contributed by atoms with Gasteiger partial charge >= 0.3 is 11.9 Å². The maximum atomic E-state index is 13.5. The maximum Gasteiger partial charge on any atom is 0.334 e. The molecule has 1 aliphatic heterocycles. The molecule has 0 spiro atoms. The summed E-state index contributed by atoms with van der Waals surface area (Å²) in [6, 6.07) is 16.1. The van der Waals surface area contributed by atoms with E-state index in [-0.39, 0.29) is 18.5 Å². The van der Waals surface area contributed by atoms with E-state index in [0.717, 1.165) is 54.2 Å². The van der Waals surface area contributed by atoms with Crippen molar-refractivity contribution < 1.29 is 28.6 Å². The third-order valence-electron chi connectivity index (χ3n) is 8.96. The number of hydrogen-bond donors (Lipinski definition) is 1. The summed E-state index contributed by atoms with van der Waals surface area (Å²) in [6.45, 7) is 15.1. The molecule has 0 aliphatic carbocycles. The Kier molecular flexibility index (Phi) is 14.3. The molecule has 6 heteroatoms. The first-order valence-corrected chi connectivity index (χ1v) is 17.1. The first-order chi connectivity index (χ1) is 22.5. The van der Waals surface area contributed by atoms with Gasteiger partial charge in [0.1, 0.15) is 24.1 Å². The van der Waals surface area contributed by atoms with E-state index < -0.39 is 11.5 Å². The molecule has 1 unspecified atom stereocenters. The van der Waals surface area contributed by atoms with Gasteiger partial charge in [0.2, 0.25) is 0 Å². The van der Waals surface area contributed by atoms with E-state index in [2.05, 4.69) is 64.7 Å². The van der Waals surface area contributed by atoms with Gasteiger partial charge in [-0.05, 0) is 93.2 Å². The van der Waals surface area contributed by atoms with Crippen LogP contribution in [-0.2, 0) is 25.5 Å². The fourth-order valence-electron chi connectivity index (χ4n) is 6.35. The standard InChI is InChI=1S/C40H50O5.CH4O/c1-8-40(9-2,25-35-24-34-22-31(17-19-37(34)44-35)15-14-30-12-10-29(7)11-13-30)39(42)43-26-36-23-33(38(41)45-36)18-16-32(20-27(3)4)21-28(5)6;1-2/h10-13,17-19,22,24,27-28,32,36H,8-9,16,20-21,23,25-26H2,1-7H3;2H,1H3/b33-18+;. The summed E-state index contributed by atoms with van der Waals surface area (Å²) in [5.41, 5.74) is 3.82. The van der Waals surface area contributed by atoms with Crippen molar-refractivity contribution in [3.05, 3.63) is 82.6 Å². The summed E-state index contributed by atoms with van der Waals surface area (Å²) in [6.07, 6.45) is 6.89. The Hall–Kier alpha value is -3.82. The lowest BCUT2D eigenvalue weighted by molar-refractivity contribution is -0.162. The number of esters is 2. The summed E-state index contributed by atoms with van der Waals surface area (Å²) in [4.78, 5) is 26.2. The molecule has 2 heterocycles. The van der Waals surface area contributed by atoms with Crippen molar-refractivity contribution in [1.29, 1.82) is 0 Å². The predicted molar refractivity (Wildman–Crippen MR) is 189 cm³/mol. The highest BCUT2D eigenvalue weighted by molar-refractivity contribution is 5.90. The predicted octanol–water partition coefficient (Wildman–Crippen LogP) is 8.98. The summed E-state index contributed by atoms with van der Waals surface area (Å²) < 4.78 is 17.6. The van der Waals surface area contributed by atoms with Crippen molar-refractivity contribution >= 4 is 22.9 Å². The van der Waals surface area contributed by atoms with E-state index in [9.17, 15) is 9.59 Å². The third-order valence-corrected chi connectivity index (χ3v) is 8.96. The molecule has 6 nitrogen and oxygen atoms in total. The lowest BCUT2D eigenvalue weighted by Crippen LogP contribution is -2.35. The van der Waals surface area contributed by atoms with Crippen LogP contribution in [0.4, 0.5) is 0 Å². The van der Waals surface area contributed by atoms with Crippen molar-refractivity contribution in [3.8, 4) is 11.8 Å². The second-order valence-electron chi connectivity index (χ2n) is 13.7. The topological polar surface area (TPSA) is 86.0 Å². The minimum absolute atomic E-state index is 0.0637. The van der Waals surface area contributed by atoms with E-state index in [0.29, 0.717) is 49.0 Å². The number of cyclic esters (lactones) is 1. The molecule has 1 fully saturated rings. The van der Waals surface area contributed by atoms with Gasteiger partial charge in [0, 0.05) is 42.0 Å². The zero-order valence-electron chi connectivity index (χ0n) is 29.7. The molecule has 47 heavy (non-hydrogen) atoms. The summed E-state index contributed by atoms with van der Waals surface area (Å²) in [7, 11) is 1.00. The van der Waals surface area contributed by atoms with Gasteiger partial charge in [0.15, 0.2) is 0 Å². The van der Waals surface area contributed by atoms with Gasteiger partial charge in [-0.25, -0.2) is 4.79 Å². The fraction of sp³-hybridized carbons (Fsp3) is 0.512. The second-order valence-corrected chi connectivity index (χ2v) is 13.7. The van der Waals surface area contributed by atoms with Crippen LogP contribution in [-0.4, -0.2) is 36.9 Å². The second kappa shape index (κ2) is 17.9. The molecule has 1 aromatic heterocycles. The van der Waals surface area contributed by atoms with Crippen LogP contribution >= 0.6 is 0 Å². The molecule has 4 rings (SSSR count). The first kappa shape index (κ1) is 37.6. The Morgan fingerprint density at radius 1 is 0.979 bits per heavy atom. The number of rotatable bonds is 13. The molecule has 254 valence electrons. The largest absolute Gasteiger partial charge is 0.461 e. The van der Waals surface area contributed by atoms with Gasteiger partial charge in [-0.1, -0.05) is 77.2 Å². The molecule has 0 radical (unpaired) electrons. The number of fused-ring (bicyclic) bond motifs is 1. The van der Waals surface area contributed by atoms with Crippen LogP contribution in [0.2, 0.25) is 0 Å². The van der Waals surface area contributed by atoms with E-state index in [1.807, 2.05) is 50.2 Å². The van der Waals surface area contributed by atoms with Crippen LogP contribution in [0, 0.1) is 41.9 Å². The number of hydrogen-bond acceptors (Lipinski definition) is 6. The SMILES string of the molecule is CCC(CC)(Cc1cc2cc(C#Cc3ccc(C)cc3)ccc2o1)C(=O)OCC1C/C(=C\CC(CC(C)C)CC(C)C)C(=O)O1.CO. The van der Waals surface area contributed by atoms with Crippen molar-refractivity contribution in [3.63, 3.8) is 0 Å². The van der Waals surface area contributed by atoms with Crippen molar-refractivity contribution in [2.45, 2.75) is 99.5 Å². The van der Waals surface area contributed by atoms with E-state index in [1.54, 1.807) is 0 Å². The van der Waals surface area contributed by atoms with Crippen LogP contribution in [0.25, 0.3) is 11.0 Å². The Bertz CT molecular complexity index is 1530. The summed E-state index contributed by atoms with van der Waals surface area (Å²) in [5, 5.41) is 7.95. The lowest BCUT2D eigenvalue weighted by atomic mass is 9.78. The molecule has 1 aliphatic rings. The number of benzene rings is 2. The number of aliphatic hydroxyl groups is 1. The van der Waals surface area contributed by atoms with Crippen molar-refractivity contribution in [1.82, 2.24) is 0 Å². The number of aliphatic hydroxyl groups excluding tert-OH is 1. The van der Waals surface area contributed by atoms with Crippen LogP contribution in [0.1, 0.15) is 103 Å². The van der Waals surface area contributed by atoms with Gasteiger partial charge in [0.05, 0.1) is 5.41 Å². The van der Waals surface area contributed by atoms with E-state index in [1.165, 1.54) is 5.56 Å². The summed E-state index contributed by atoms with van der Waals surface area (Å²) >= 11 is 0. The van der Waals surface area contributed by atoms with E-state index in [4.69, 9.17) is 19.0 Å². The zero-order chi connectivity index (χ0) is 34.6. The smallest absolute Gasteiger partial charge is 0.334 e. The Morgan fingerprint density at radius 3 is 2.21 bits per heavy atom. The van der Waals surface area contributed by atoms with E-state index >= 15 is 0 Å². The first-order valence-electron chi connectivity index (χ1n) is 17.1. The molecule has 3 aromatic rings. The number of carbonyl (C=O) groups excluding carboxylic acids is 2. The van der Waals surface area contributed by atoms with Gasteiger partial charge in [-0.2, -0.15) is 0 Å². The van der Waals surface area contributed by atoms with Gasteiger partial charge < -0.3 is 19.0 Å². The number of aryl methyl sites for hydroxylation is 1.